The van der Waals surface area contributed by atoms with Gasteiger partial charge in [-0.2, -0.15) is 0 Å². The molecule has 0 radical (unpaired) electrons. The number of phosphoric ester groups is 1. The number of ether oxygens (including phenoxy) is 3. The van der Waals surface area contributed by atoms with E-state index < -0.39 is 74.1 Å². The smallest absolute Gasteiger partial charge is 0.389 e. The van der Waals surface area contributed by atoms with E-state index in [0.717, 1.165) is 0 Å². The summed E-state index contributed by atoms with van der Waals surface area (Å²) < 4.78 is 54.1. The molecule has 0 aromatic rings. The molecule has 0 aliphatic carbocycles. The fourth-order valence-corrected chi connectivity index (χ4v) is 9.85. The molecule has 3 heterocycles. The van der Waals surface area contributed by atoms with Crippen molar-refractivity contribution in [3.8, 4) is 0 Å². The van der Waals surface area contributed by atoms with Crippen molar-refractivity contribution in [3.63, 3.8) is 0 Å². The van der Waals surface area contributed by atoms with Gasteiger partial charge in [0.05, 0.1) is 48.8 Å². The van der Waals surface area contributed by atoms with E-state index in [9.17, 15) is 19.5 Å². The molecular formula is C24H52B3N3O11P2S. The summed E-state index contributed by atoms with van der Waals surface area (Å²) in [6.07, 6.45) is -1.41. The Morgan fingerprint density at radius 1 is 0.773 bits per heavy atom. The normalized spacial score (nSPS) is 43.2. The Kier molecular flexibility index (Phi) is 13.3. The highest BCUT2D eigenvalue weighted by molar-refractivity contribution is 8.07. The molecule has 3 aliphatic rings. The van der Waals surface area contributed by atoms with E-state index in [4.69, 9.17) is 61.3 Å². The van der Waals surface area contributed by atoms with Crippen LogP contribution in [0.15, 0.2) is 0 Å². The molecule has 0 aromatic heterocycles. The van der Waals surface area contributed by atoms with Gasteiger partial charge in [0.15, 0.2) is 0 Å². The number of hydrogen-bond acceptors (Lipinski definition) is 13. The van der Waals surface area contributed by atoms with Gasteiger partial charge in [0.1, 0.15) is 29.6 Å². The van der Waals surface area contributed by atoms with E-state index in [-0.39, 0.29) is 37.3 Å². The van der Waals surface area contributed by atoms with Crippen molar-refractivity contribution >= 4 is 49.9 Å². The van der Waals surface area contributed by atoms with Gasteiger partial charge in [0.2, 0.25) is 0 Å². The maximum atomic E-state index is 13.4. The fourth-order valence-electron chi connectivity index (χ4n) is 6.82. The van der Waals surface area contributed by atoms with E-state index in [1.165, 1.54) is 0 Å². The molecule has 3 rings (SSSR count). The topological polar surface area (TPSA) is 220 Å². The summed E-state index contributed by atoms with van der Waals surface area (Å²) in [5, 5.41) is 10.3. The first-order chi connectivity index (χ1) is 20.2. The highest BCUT2D eigenvalue weighted by Gasteiger charge is 2.55. The first-order valence-electron chi connectivity index (χ1n) is 15.5. The zero-order chi connectivity index (χ0) is 33.4. The molecule has 0 aromatic carbocycles. The molecule has 0 saturated carbocycles. The predicted molar refractivity (Wildman–Crippen MR) is 177 cm³/mol. The first-order valence-corrected chi connectivity index (χ1v) is 19.6. The Morgan fingerprint density at radius 3 is 1.68 bits per heavy atom. The molecule has 14 nitrogen and oxygen atoms in total. The van der Waals surface area contributed by atoms with E-state index in [0.29, 0.717) is 19.3 Å². The number of phosphoric acid groups is 1. The Hall–Kier alpha value is 0.555. The summed E-state index contributed by atoms with van der Waals surface area (Å²) in [6.45, 7) is 4.68. The van der Waals surface area contributed by atoms with Gasteiger partial charge in [-0.25, -0.2) is 4.57 Å². The lowest BCUT2D eigenvalue weighted by atomic mass is 9.75. The van der Waals surface area contributed by atoms with Crippen LogP contribution < -0.4 is 17.2 Å². The van der Waals surface area contributed by atoms with Crippen LogP contribution in [0.25, 0.3) is 0 Å². The molecule has 3 saturated heterocycles. The standard InChI is InChI=1S/C24H52B3N3O11P2S/c1-6-11-14(16(28)20(25)37-11)23(4,7-2)40-42(32,33)35-9-12-15(17(29)21(26)38-12)24(5,8-3)41-43(34,44)36-10-13-19(31)18(30)22(27)39-13/h11-22,31H,6-10,25-30H2,1-5H3,(H,32,33)(H,34,44). The maximum absolute atomic E-state index is 13.4. The molecule has 9 N–H and O–H groups in total. The second-order valence-electron chi connectivity index (χ2n) is 12.9. The van der Waals surface area contributed by atoms with Crippen molar-refractivity contribution in [3.05, 3.63) is 0 Å². The fraction of sp³-hybridized carbons (Fsp3) is 1.00. The van der Waals surface area contributed by atoms with Crippen LogP contribution in [0.1, 0.15) is 53.9 Å². The minimum absolute atomic E-state index is 0.225. The lowest BCUT2D eigenvalue weighted by molar-refractivity contribution is -0.0695. The summed E-state index contributed by atoms with van der Waals surface area (Å²) in [4.78, 5) is 21.9. The molecule has 3 aliphatic heterocycles. The van der Waals surface area contributed by atoms with Crippen molar-refractivity contribution in [2.45, 2.75) is 126 Å². The van der Waals surface area contributed by atoms with Crippen molar-refractivity contribution in [2.24, 2.45) is 29.0 Å². The third-order valence-corrected chi connectivity index (χ3v) is 12.7. The zero-order valence-corrected chi connectivity index (χ0v) is 29.7. The number of nitrogens with two attached hydrogens (primary N) is 3. The summed E-state index contributed by atoms with van der Waals surface area (Å²) in [7, 11) is 0.758. The molecular weight excluding hydrogens is 633 g/mol. The van der Waals surface area contributed by atoms with Gasteiger partial charge in [0.25, 0.3) is 0 Å². The van der Waals surface area contributed by atoms with Crippen molar-refractivity contribution in [2.75, 3.05) is 13.2 Å². The van der Waals surface area contributed by atoms with Gasteiger partial charge in [-0.1, -0.05) is 20.8 Å². The second-order valence-corrected chi connectivity index (χ2v) is 17.0. The Labute approximate surface area is 269 Å². The molecule has 254 valence electrons. The molecule has 16 atom stereocenters. The van der Waals surface area contributed by atoms with Crippen LogP contribution in [-0.4, -0.2) is 123 Å². The molecule has 0 amide bonds. The van der Waals surface area contributed by atoms with Crippen LogP contribution in [0.4, 0.5) is 0 Å². The summed E-state index contributed by atoms with van der Waals surface area (Å²) in [5.74, 6) is -0.956. The Balaban J connectivity index is 1.72. The average molecular weight is 685 g/mol. The van der Waals surface area contributed by atoms with Crippen molar-refractivity contribution in [1.29, 1.82) is 0 Å². The van der Waals surface area contributed by atoms with Gasteiger partial charge in [-0.3, -0.25) is 9.05 Å². The monoisotopic (exact) mass is 685 g/mol. The molecule has 3 fully saturated rings. The molecule has 44 heavy (non-hydrogen) atoms. The minimum atomic E-state index is -4.63. The third kappa shape index (κ3) is 8.58. The first kappa shape index (κ1) is 39.0. The van der Waals surface area contributed by atoms with Crippen LogP contribution in [0.5, 0.6) is 0 Å². The van der Waals surface area contributed by atoms with E-state index in [2.05, 4.69) is 0 Å². The van der Waals surface area contributed by atoms with E-state index in [1.54, 1.807) is 29.5 Å². The highest BCUT2D eigenvalue weighted by atomic mass is 32.5. The van der Waals surface area contributed by atoms with Crippen LogP contribution in [0, 0.1) is 11.8 Å². The average Bonchev–Trinajstić information content (AvgIpc) is 3.51. The van der Waals surface area contributed by atoms with Crippen LogP contribution in [0.2, 0.25) is 0 Å². The summed E-state index contributed by atoms with van der Waals surface area (Å²) >= 11 is 5.33. The predicted octanol–water partition coefficient (Wildman–Crippen LogP) is -2.23. The zero-order valence-electron chi connectivity index (χ0n) is 27.1. The molecule has 20 heteroatoms. The highest BCUT2D eigenvalue weighted by Crippen LogP contribution is 2.55. The third-order valence-electron chi connectivity index (χ3n) is 9.87. The molecule has 0 spiro atoms. The quantitative estimate of drug-likeness (QED) is 0.0794. The molecule has 16 unspecified atom stereocenters. The minimum Gasteiger partial charge on any atom is -0.389 e. The SMILES string of the molecule is BC1OC(COP(O)(=S)OC(C)(CC)C2C(COP(=O)(O)OC(C)(CC)C3C(CC)OC(B)C3N)OC(B)C2N)C(O)C1N. The number of hydrogen-bond donors (Lipinski definition) is 6. The molecule has 0 bridgehead atoms. The lowest BCUT2D eigenvalue weighted by Crippen LogP contribution is -2.51. The number of aliphatic hydroxyl groups is 1. The number of aliphatic hydroxyl groups excluding tert-OH is 1. The van der Waals surface area contributed by atoms with Gasteiger partial charge in [-0.15, -0.1) is 0 Å². The van der Waals surface area contributed by atoms with Crippen molar-refractivity contribution < 1.29 is 51.8 Å². The van der Waals surface area contributed by atoms with E-state index >= 15 is 0 Å². The largest absolute Gasteiger partial charge is 0.472 e. The van der Waals surface area contributed by atoms with Gasteiger partial charge in [0, 0.05) is 41.9 Å². The van der Waals surface area contributed by atoms with Crippen LogP contribution in [0.3, 0.4) is 0 Å². The summed E-state index contributed by atoms with van der Waals surface area (Å²) in [5.41, 5.74) is 16.6. The van der Waals surface area contributed by atoms with Crippen LogP contribution >= 0.6 is 14.5 Å². The van der Waals surface area contributed by atoms with Gasteiger partial charge in [-0.05, 0) is 44.9 Å². The lowest BCUT2D eigenvalue weighted by Gasteiger charge is -2.41. The number of rotatable bonds is 15. The van der Waals surface area contributed by atoms with Crippen molar-refractivity contribution in [1.82, 2.24) is 0 Å². The second kappa shape index (κ2) is 15.0. The van der Waals surface area contributed by atoms with Gasteiger partial charge >= 0.3 is 14.5 Å². The summed E-state index contributed by atoms with van der Waals surface area (Å²) in [6, 6.07) is -2.67. The van der Waals surface area contributed by atoms with E-state index in [1.807, 2.05) is 28.6 Å². The van der Waals surface area contributed by atoms with Crippen LogP contribution in [-0.2, 0) is 48.7 Å². The maximum Gasteiger partial charge on any atom is 0.472 e. The Morgan fingerprint density at radius 2 is 1.20 bits per heavy atom. The Bertz CT molecular complexity index is 1080. The van der Waals surface area contributed by atoms with Gasteiger partial charge < -0.3 is 55.4 Å².